The van der Waals surface area contributed by atoms with Crippen LogP contribution in [0, 0.1) is 0 Å². The molecule has 0 aliphatic carbocycles. The normalized spacial score (nSPS) is 10.4. The van der Waals surface area contributed by atoms with E-state index in [1.54, 1.807) is 12.1 Å². The summed E-state index contributed by atoms with van der Waals surface area (Å²) in [4.78, 5) is 10.9. The zero-order chi connectivity index (χ0) is 17.1. The molecule has 2 aromatic carbocycles. The van der Waals surface area contributed by atoms with Gasteiger partial charge in [-0.15, -0.1) is 0 Å². The van der Waals surface area contributed by atoms with Gasteiger partial charge >= 0.3 is 5.97 Å². The van der Waals surface area contributed by atoms with Crippen LogP contribution in [0.25, 0.3) is 11.3 Å². The van der Waals surface area contributed by atoms with E-state index in [4.69, 9.17) is 14.6 Å². The number of aromatic nitrogens is 2. The lowest BCUT2D eigenvalue weighted by Gasteiger charge is -2.15. The van der Waals surface area contributed by atoms with Crippen molar-refractivity contribution in [2.24, 2.45) is 0 Å². The van der Waals surface area contributed by atoms with E-state index >= 15 is 0 Å². The summed E-state index contributed by atoms with van der Waals surface area (Å²) < 4.78 is 10.7. The van der Waals surface area contributed by atoms with Crippen LogP contribution in [0.5, 0.6) is 23.0 Å². The first-order valence-electron chi connectivity index (χ1n) is 6.98. The van der Waals surface area contributed by atoms with Crippen molar-refractivity contribution in [3.8, 4) is 34.3 Å². The summed E-state index contributed by atoms with van der Waals surface area (Å²) in [5, 5.41) is 27.7. The second-order valence-electron chi connectivity index (χ2n) is 4.90. The molecule has 7 heteroatoms. The van der Waals surface area contributed by atoms with Gasteiger partial charge in [-0.3, -0.25) is 5.10 Å². The number of hydrogen-bond acceptors (Lipinski definition) is 5. The second kappa shape index (κ2) is 6.33. The van der Waals surface area contributed by atoms with Crippen LogP contribution >= 0.6 is 0 Å². The molecule has 2 N–H and O–H groups in total. The highest BCUT2D eigenvalue weighted by Gasteiger charge is 2.12. The smallest absolute Gasteiger partial charge is 0.335 e. The predicted molar refractivity (Wildman–Crippen MR) is 83.5 cm³/mol. The van der Waals surface area contributed by atoms with Crippen molar-refractivity contribution >= 4 is 5.97 Å². The monoisotopic (exact) mass is 325 g/mol. The molecule has 24 heavy (non-hydrogen) atoms. The third-order valence-corrected chi connectivity index (χ3v) is 3.39. The van der Waals surface area contributed by atoms with Crippen LogP contribution in [0.4, 0.5) is 0 Å². The molecule has 122 valence electrons. The lowest BCUT2D eigenvalue weighted by atomic mass is 10.1. The van der Waals surface area contributed by atoms with Gasteiger partial charge in [-0.2, -0.15) is 5.10 Å². The summed E-state index contributed by atoms with van der Waals surface area (Å²) in [6.07, 6.45) is 1.45. The fourth-order valence-corrected chi connectivity index (χ4v) is 2.17. The van der Waals surface area contributed by atoms with Crippen LogP contribution in [-0.4, -0.2) is 28.4 Å². The summed E-state index contributed by atoms with van der Waals surface area (Å²) in [7, 11) is 1.49. The minimum Gasteiger partial charge on any atom is -0.872 e. The predicted octanol–water partition coefficient (Wildman–Crippen LogP) is 2.65. The molecule has 0 amide bonds. The van der Waals surface area contributed by atoms with E-state index in [0.717, 1.165) is 0 Å². The summed E-state index contributed by atoms with van der Waals surface area (Å²) in [5.74, 6) is 0.0170. The number of rotatable bonds is 5. The fraction of sp³-hybridized carbons (Fsp3) is 0.0588. The largest absolute Gasteiger partial charge is 0.872 e. The average molecular weight is 325 g/mol. The molecule has 1 aromatic heterocycles. The molecule has 1 heterocycles. The minimum atomic E-state index is -1.01. The highest BCUT2D eigenvalue weighted by molar-refractivity contribution is 5.87. The topological polar surface area (TPSA) is 108 Å². The minimum absolute atomic E-state index is 0.159. The molecule has 0 aliphatic rings. The SMILES string of the molecule is COc1ccc(-c2[nH]ncc2Oc2ccc(C(=O)O)cc2)c([O-])c1. The Balaban J connectivity index is 1.89. The number of carboxylic acid groups (broad SMARTS) is 1. The van der Waals surface area contributed by atoms with Gasteiger partial charge in [0.05, 0.1) is 18.9 Å². The van der Waals surface area contributed by atoms with Crippen LogP contribution in [0.15, 0.2) is 48.7 Å². The molecule has 3 rings (SSSR count). The fourth-order valence-electron chi connectivity index (χ4n) is 2.17. The molecule has 0 saturated heterocycles. The Morgan fingerprint density at radius 3 is 2.50 bits per heavy atom. The van der Waals surface area contributed by atoms with Crippen LogP contribution < -0.4 is 14.6 Å². The lowest BCUT2D eigenvalue weighted by molar-refractivity contribution is -0.267. The molecule has 0 fully saturated rings. The van der Waals surface area contributed by atoms with Crippen molar-refractivity contribution in [2.75, 3.05) is 7.11 Å². The van der Waals surface area contributed by atoms with Gasteiger partial charge in [0.15, 0.2) is 5.75 Å². The lowest BCUT2D eigenvalue weighted by Crippen LogP contribution is -1.97. The molecule has 0 aliphatic heterocycles. The van der Waals surface area contributed by atoms with E-state index in [2.05, 4.69) is 10.2 Å². The van der Waals surface area contributed by atoms with Crippen molar-refractivity contribution < 1.29 is 24.5 Å². The maximum absolute atomic E-state index is 12.2. The third-order valence-electron chi connectivity index (χ3n) is 3.39. The number of H-pyrrole nitrogens is 1. The Morgan fingerprint density at radius 2 is 1.88 bits per heavy atom. The first kappa shape index (κ1) is 15.4. The van der Waals surface area contributed by atoms with E-state index in [-0.39, 0.29) is 11.3 Å². The molecule has 0 spiro atoms. The van der Waals surface area contributed by atoms with Gasteiger partial charge in [0.1, 0.15) is 17.2 Å². The van der Waals surface area contributed by atoms with Crippen molar-refractivity contribution in [3.05, 3.63) is 54.2 Å². The summed E-state index contributed by atoms with van der Waals surface area (Å²) in [6, 6.07) is 10.6. The van der Waals surface area contributed by atoms with Crippen LogP contribution in [0.2, 0.25) is 0 Å². The third kappa shape index (κ3) is 3.00. The van der Waals surface area contributed by atoms with E-state index in [9.17, 15) is 9.90 Å². The first-order chi connectivity index (χ1) is 11.6. The quantitative estimate of drug-likeness (QED) is 0.746. The van der Waals surface area contributed by atoms with E-state index in [1.807, 2.05) is 0 Å². The van der Waals surface area contributed by atoms with Gasteiger partial charge in [-0.1, -0.05) is 5.75 Å². The molecule has 0 unspecified atom stereocenters. The number of benzene rings is 2. The zero-order valence-corrected chi connectivity index (χ0v) is 12.6. The Labute approximate surface area is 137 Å². The van der Waals surface area contributed by atoms with Crippen molar-refractivity contribution in [3.63, 3.8) is 0 Å². The molecule has 0 radical (unpaired) electrons. The van der Waals surface area contributed by atoms with Gasteiger partial charge < -0.3 is 19.7 Å². The Morgan fingerprint density at radius 1 is 1.17 bits per heavy atom. The van der Waals surface area contributed by atoms with Gasteiger partial charge in [-0.25, -0.2) is 4.79 Å². The average Bonchev–Trinajstić information content (AvgIpc) is 3.03. The van der Waals surface area contributed by atoms with Crippen molar-refractivity contribution in [1.82, 2.24) is 10.2 Å². The Hall–Kier alpha value is -3.48. The maximum Gasteiger partial charge on any atom is 0.335 e. The molecular formula is C17H13N2O5-. The van der Waals surface area contributed by atoms with E-state index in [1.165, 1.54) is 43.6 Å². The highest BCUT2D eigenvalue weighted by atomic mass is 16.5. The number of nitrogens with one attached hydrogen (secondary N) is 1. The van der Waals surface area contributed by atoms with Crippen LogP contribution in [0.1, 0.15) is 10.4 Å². The van der Waals surface area contributed by atoms with E-state index < -0.39 is 5.97 Å². The molecule has 3 aromatic rings. The zero-order valence-electron chi connectivity index (χ0n) is 12.6. The number of carboxylic acids is 1. The summed E-state index contributed by atoms with van der Waals surface area (Å²) in [5.41, 5.74) is 0.988. The van der Waals surface area contributed by atoms with Crippen LogP contribution in [-0.2, 0) is 0 Å². The Kier molecular flexibility index (Phi) is 4.07. The number of aromatic carboxylic acids is 1. The van der Waals surface area contributed by atoms with Crippen molar-refractivity contribution in [1.29, 1.82) is 0 Å². The van der Waals surface area contributed by atoms with Gasteiger partial charge in [0, 0.05) is 0 Å². The number of hydrogen-bond donors (Lipinski definition) is 2. The number of ether oxygens (including phenoxy) is 2. The molecular weight excluding hydrogens is 312 g/mol. The summed E-state index contributed by atoms with van der Waals surface area (Å²) in [6.45, 7) is 0. The summed E-state index contributed by atoms with van der Waals surface area (Å²) >= 11 is 0. The van der Waals surface area contributed by atoms with Gasteiger partial charge in [0.25, 0.3) is 0 Å². The molecule has 0 saturated carbocycles. The number of methoxy groups -OCH3 is 1. The first-order valence-corrected chi connectivity index (χ1v) is 6.98. The maximum atomic E-state index is 12.2. The molecule has 7 nitrogen and oxygen atoms in total. The van der Waals surface area contributed by atoms with Crippen LogP contribution in [0.3, 0.4) is 0 Å². The second-order valence-corrected chi connectivity index (χ2v) is 4.90. The van der Waals surface area contributed by atoms with Gasteiger partial charge in [-0.05, 0) is 48.0 Å². The van der Waals surface area contributed by atoms with E-state index in [0.29, 0.717) is 28.5 Å². The van der Waals surface area contributed by atoms with Crippen molar-refractivity contribution in [2.45, 2.75) is 0 Å². The number of aromatic amines is 1. The van der Waals surface area contributed by atoms with Gasteiger partial charge in [0.2, 0.25) is 0 Å². The number of nitrogens with zero attached hydrogens (tertiary/aromatic N) is 1. The molecule has 0 atom stereocenters. The number of carbonyl (C=O) groups is 1. The Bertz CT molecular complexity index is 871. The highest BCUT2D eigenvalue weighted by Crippen LogP contribution is 2.36. The standard InChI is InChI=1S/C17H14N2O5/c1-23-12-6-7-13(14(20)8-12)16-15(9-18-19-16)24-11-4-2-10(3-5-11)17(21)22/h2-9,20H,1H3,(H,18,19)(H,21,22)/p-1. The molecule has 0 bridgehead atoms.